The summed E-state index contributed by atoms with van der Waals surface area (Å²) in [7, 11) is 0. The summed E-state index contributed by atoms with van der Waals surface area (Å²) in [4.78, 5) is 9.00. The Morgan fingerprint density at radius 2 is 1.95 bits per heavy atom. The molecule has 0 spiro atoms. The van der Waals surface area contributed by atoms with Crippen molar-refractivity contribution in [2.75, 3.05) is 30.3 Å². The number of aromatic nitrogens is 2. The van der Waals surface area contributed by atoms with E-state index in [2.05, 4.69) is 27.5 Å². The van der Waals surface area contributed by atoms with Crippen molar-refractivity contribution in [1.29, 1.82) is 0 Å². The highest BCUT2D eigenvalue weighted by Crippen LogP contribution is 2.26. The molecule has 1 saturated carbocycles. The standard InChI is InChI=1S/C15H26N4O/c1-3-8-16-13-9-14(17-10-12-6-5-7-12)19-15(18-13)11-20-4-2/h9,12H,3-8,10-11H2,1-2H3,(H2,16,17,18,19). The van der Waals surface area contributed by atoms with Crippen LogP contribution in [0.5, 0.6) is 0 Å². The molecule has 2 N–H and O–H groups in total. The molecule has 20 heavy (non-hydrogen) atoms. The number of nitrogens with one attached hydrogen (secondary N) is 2. The number of anilines is 2. The molecular weight excluding hydrogens is 252 g/mol. The van der Waals surface area contributed by atoms with E-state index in [1.807, 2.05) is 13.0 Å². The fourth-order valence-corrected chi connectivity index (χ4v) is 2.14. The average molecular weight is 278 g/mol. The molecular formula is C15H26N4O. The average Bonchev–Trinajstić information content (AvgIpc) is 2.41. The fraction of sp³-hybridized carbons (Fsp3) is 0.733. The molecule has 0 bridgehead atoms. The molecule has 1 heterocycles. The minimum Gasteiger partial charge on any atom is -0.374 e. The van der Waals surface area contributed by atoms with Gasteiger partial charge >= 0.3 is 0 Å². The molecule has 1 aliphatic carbocycles. The van der Waals surface area contributed by atoms with Crippen LogP contribution in [0.3, 0.4) is 0 Å². The Kier molecular flexibility index (Phi) is 6.05. The third kappa shape index (κ3) is 4.63. The molecule has 0 unspecified atom stereocenters. The van der Waals surface area contributed by atoms with Crippen LogP contribution in [0, 0.1) is 5.92 Å². The SMILES string of the molecule is CCCNc1cc(NCC2CCC2)nc(COCC)n1. The predicted octanol–water partition coefficient (Wildman–Crippen LogP) is 3.05. The molecule has 0 aliphatic heterocycles. The molecule has 1 aromatic rings. The molecule has 1 fully saturated rings. The Balaban J connectivity index is 1.98. The van der Waals surface area contributed by atoms with Crippen LogP contribution in [0.4, 0.5) is 11.6 Å². The normalized spacial score (nSPS) is 14.9. The lowest BCUT2D eigenvalue weighted by Gasteiger charge is -2.25. The van der Waals surface area contributed by atoms with Crippen LogP contribution < -0.4 is 10.6 Å². The van der Waals surface area contributed by atoms with Crippen molar-refractivity contribution in [3.8, 4) is 0 Å². The predicted molar refractivity (Wildman–Crippen MR) is 82.0 cm³/mol. The molecule has 1 aliphatic rings. The van der Waals surface area contributed by atoms with E-state index < -0.39 is 0 Å². The first-order chi connectivity index (χ1) is 9.81. The summed E-state index contributed by atoms with van der Waals surface area (Å²) < 4.78 is 5.41. The lowest BCUT2D eigenvalue weighted by molar-refractivity contribution is 0.128. The second kappa shape index (κ2) is 8.04. The molecule has 0 amide bonds. The maximum Gasteiger partial charge on any atom is 0.158 e. The highest BCUT2D eigenvalue weighted by atomic mass is 16.5. The van der Waals surface area contributed by atoms with Crippen molar-refractivity contribution >= 4 is 11.6 Å². The summed E-state index contributed by atoms with van der Waals surface area (Å²) in [6.07, 6.45) is 5.13. The van der Waals surface area contributed by atoms with Crippen molar-refractivity contribution in [1.82, 2.24) is 9.97 Å². The molecule has 0 atom stereocenters. The van der Waals surface area contributed by atoms with Gasteiger partial charge in [0.15, 0.2) is 5.82 Å². The van der Waals surface area contributed by atoms with E-state index in [9.17, 15) is 0 Å². The summed E-state index contributed by atoms with van der Waals surface area (Å²) in [5.74, 6) is 3.34. The zero-order valence-electron chi connectivity index (χ0n) is 12.6. The van der Waals surface area contributed by atoms with Crippen LogP contribution in [-0.2, 0) is 11.3 Å². The van der Waals surface area contributed by atoms with Crippen LogP contribution in [0.2, 0.25) is 0 Å². The van der Waals surface area contributed by atoms with Crippen LogP contribution >= 0.6 is 0 Å². The first-order valence-electron chi connectivity index (χ1n) is 7.75. The molecule has 0 saturated heterocycles. The van der Waals surface area contributed by atoms with E-state index in [0.29, 0.717) is 13.2 Å². The van der Waals surface area contributed by atoms with Gasteiger partial charge in [0.05, 0.1) is 0 Å². The van der Waals surface area contributed by atoms with E-state index in [1.165, 1.54) is 19.3 Å². The van der Waals surface area contributed by atoms with Crippen molar-refractivity contribution in [2.24, 2.45) is 5.92 Å². The second-order valence-corrected chi connectivity index (χ2v) is 5.30. The summed E-state index contributed by atoms with van der Waals surface area (Å²) in [6.45, 7) is 7.21. The first-order valence-corrected chi connectivity index (χ1v) is 7.75. The first kappa shape index (κ1) is 15.0. The van der Waals surface area contributed by atoms with Crippen molar-refractivity contribution in [3.05, 3.63) is 11.9 Å². The van der Waals surface area contributed by atoms with E-state index in [1.54, 1.807) is 0 Å². The number of rotatable bonds is 9. The van der Waals surface area contributed by atoms with Gasteiger partial charge < -0.3 is 15.4 Å². The molecule has 2 rings (SSSR count). The van der Waals surface area contributed by atoms with E-state index in [4.69, 9.17) is 4.74 Å². The Morgan fingerprint density at radius 3 is 2.55 bits per heavy atom. The summed E-state index contributed by atoms with van der Waals surface area (Å²) in [5.41, 5.74) is 0. The number of hydrogen-bond acceptors (Lipinski definition) is 5. The van der Waals surface area contributed by atoms with E-state index in [0.717, 1.165) is 42.9 Å². The van der Waals surface area contributed by atoms with Crippen LogP contribution in [0.1, 0.15) is 45.4 Å². The van der Waals surface area contributed by atoms with Gasteiger partial charge in [-0.3, -0.25) is 0 Å². The molecule has 1 aromatic heterocycles. The number of nitrogens with zero attached hydrogens (tertiary/aromatic N) is 2. The topological polar surface area (TPSA) is 59.1 Å². The lowest BCUT2D eigenvalue weighted by atomic mass is 9.85. The quantitative estimate of drug-likeness (QED) is 0.727. The largest absolute Gasteiger partial charge is 0.374 e. The Bertz CT molecular complexity index is 381. The fourth-order valence-electron chi connectivity index (χ4n) is 2.14. The molecule has 0 aromatic carbocycles. The maximum atomic E-state index is 5.41. The third-order valence-electron chi connectivity index (χ3n) is 3.56. The van der Waals surface area contributed by atoms with Crippen LogP contribution in [0.25, 0.3) is 0 Å². The van der Waals surface area contributed by atoms with Crippen molar-refractivity contribution < 1.29 is 4.74 Å². The minimum atomic E-state index is 0.469. The third-order valence-corrected chi connectivity index (χ3v) is 3.56. The zero-order chi connectivity index (χ0) is 14.2. The highest BCUT2D eigenvalue weighted by molar-refractivity contribution is 5.47. The molecule has 0 radical (unpaired) electrons. The molecule has 5 heteroatoms. The smallest absolute Gasteiger partial charge is 0.158 e. The second-order valence-electron chi connectivity index (χ2n) is 5.30. The van der Waals surface area contributed by atoms with Gasteiger partial charge in [-0.25, -0.2) is 9.97 Å². The molecule has 112 valence electrons. The van der Waals surface area contributed by atoms with Crippen LogP contribution in [0.15, 0.2) is 6.07 Å². The van der Waals surface area contributed by atoms with Crippen molar-refractivity contribution in [3.63, 3.8) is 0 Å². The van der Waals surface area contributed by atoms with Crippen molar-refractivity contribution in [2.45, 2.75) is 46.1 Å². The zero-order valence-corrected chi connectivity index (χ0v) is 12.6. The number of ether oxygens (including phenoxy) is 1. The lowest BCUT2D eigenvalue weighted by Crippen LogP contribution is -2.21. The van der Waals surface area contributed by atoms with Gasteiger partial charge in [0.2, 0.25) is 0 Å². The maximum absolute atomic E-state index is 5.41. The van der Waals surface area contributed by atoms with Gasteiger partial charge in [0.25, 0.3) is 0 Å². The van der Waals surface area contributed by atoms with Crippen LogP contribution in [-0.4, -0.2) is 29.7 Å². The minimum absolute atomic E-state index is 0.469. The Hall–Kier alpha value is -1.36. The van der Waals surface area contributed by atoms with Gasteiger partial charge in [-0.2, -0.15) is 0 Å². The van der Waals surface area contributed by atoms with Gasteiger partial charge in [-0.15, -0.1) is 0 Å². The number of hydrogen-bond donors (Lipinski definition) is 2. The van der Waals surface area contributed by atoms with Gasteiger partial charge in [-0.05, 0) is 32.1 Å². The van der Waals surface area contributed by atoms with Gasteiger partial charge in [-0.1, -0.05) is 13.3 Å². The Morgan fingerprint density at radius 1 is 1.20 bits per heavy atom. The van der Waals surface area contributed by atoms with E-state index in [-0.39, 0.29) is 0 Å². The summed E-state index contributed by atoms with van der Waals surface area (Å²) in [6, 6.07) is 1.99. The van der Waals surface area contributed by atoms with Gasteiger partial charge in [0, 0.05) is 25.8 Å². The summed E-state index contributed by atoms with van der Waals surface area (Å²) in [5, 5.41) is 6.75. The highest BCUT2D eigenvalue weighted by Gasteiger charge is 2.17. The molecule has 5 nitrogen and oxygen atoms in total. The monoisotopic (exact) mass is 278 g/mol. The Labute approximate surface area is 121 Å². The summed E-state index contributed by atoms with van der Waals surface area (Å²) >= 11 is 0. The van der Waals surface area contributed by atoms with E-state index >= 15 is 0 Å². The van der Waals surface area contributed by atoms with Gasteiger partial charge in [0.1, 0.15) is 18.2 Å².